The summed E-state index contributed by atoms with van der Waals surface area (Å²) >= 11 is 6.86. The van der Waals surface area contributed by atoms with Crippen LogP contribution in [0.5, 0.6) is 0 Å². The van der Waals surface area contributed by atoms with E-state index in [0.29, 0.717) is 54.2 Å². The summed E-state index contributed by atoms with van der Waals surface area (Å²) in [6.07, 6.45) is 11.7. The Balaban J connectivity index is 1.72. The molecule has 41 heavy (non-hydrogen) atoms. The van der Waals surface area contributed by atoms with Gasteiger partial charge in [-0.05, 0) is 37.8 Å². The van der Waals surface area contributed by atoms with E-state index < -0.39 is 5.97 Å². The van der Waals surface area contributed by atoms with E-state index in [1.165, 1.54) is 11.8 Å². The van der Waals surface area contributed by atoms with Gasteiger partial charge in [-0.1, -0.05) is 75.8 Å². The molecule has 0 bridgehead atoms. The number of thiocarbonyl (C=S) groups is 1. The van der Waals surface area contributed by atoms with Gasteiger partial charge in [-0.2, -0.15) is 5.26 Å². The Morgan fingerprint density at radius 3 is 2.29 bits per heavy atom. The molecule has 1 N–H and O–H groups in total. The lowest BCUT2D eigenvalue weighted by Gasteiger charge is -2.33. The number of pyridine rings is 1. The zero-order valence-corrected chi connectivity index (χ0v) is 25.9. The highest BCUT2D eigenvalue weighted by Crippen LogP contribution is 2.36. The highest BCUT2D eigenvalue weighted by atomic mass is 32.2. The van der Waals surface area contributed by atoms with Gasteiger partial charge in [-0.15, -0.1) is 0 Å². The van der Waals surface area contributed by atoms with Gasteiger partial charge < -0.3 is 14.7 Å². The van der Waals surface area contributed by atoms with Crippen LogP contribution in [0.3, 0.4) is 0 Å². The van der Waals surface area contributed by atoms with E-state index >= 15 is 0 Å². The maximum Gasteiger partial charge on any atom is 0.303 e. The summed E-state index contributed by atoms with van der Waals surface area (Å²) in [6.45, 7) is 7.27. The average Bonchev–Trinajstić information content (AvgIpc) is 3.22. The first-order valence-electron chi connectivity index (χ1n) is 14.8. The van der Waals surface area contributed by atoms with Gasteiger partial charge in [-0.25, -0.2) is 0 Å². The number of carboxylic acid groups (broad SMARTS) is 1. The van der Waals surface area contributed by atoms with Crippen molar-refractivity contribution in [2.24, 2.45) is 0 Å². The van der Waals surface area contributed by atoms with Crippen molar-refractivity contribution in [2.75, 3.05) is 37.7 Å². The molecule has 0 spiro atoms. The molecule has 0 saturated carbocycles. The molecule has 2 fully saturated rings. The normalized spacial score (nSPS) is 16.6. The van der Waals surface area contributed by atoms with Crippen molar-refractivity contribution in [3.63, 3.8) is 0 Å². The number of hydrogen-bond acceptors (Lipinski definition) is 8. The Morgan fingerprint density at radius 2 is 1.68 bits per heavy atom. The summed E-state index contributed by atoms with van der Waals surface area (Å²) in [5, 5.41) is 18.6. The van der Waals surface area contributed by atoms with Crippen molar-refractivity contribution in [1.29, 1.82) is 5.26 Å². The topological polar surface area (TPSA) is 116 Å². The molecule has 0 unspecified atom stereocenters. The number of morpholine rings is 1. The van der Waals surface area contributed by atoms with Crippen molar-refractivity contribution in [3.8, 4) is 6.07 Å². The maximum atomic E-state index is 13.5. The Hall–Kier alpha value is -2.68. The quantitative estimate of drug-likeness (QED) is 0.150. The SMILES string of the molecule is CCCCn1c(N2CCOCC2)c(/C=C2/SC(=S)N(CCCCCCCCCCC(=O)O)C2=O)c(C)c(C#N)c1=O. The number of carbonyl (C=O) groups is 2. The summed E-state index contributed by atoms with van der Waals surface area (Å²) in [4.78, 5) is 41.7. The zero-order chi connectivity index (χ0) is 29.8. The highest BCUT2D eigenvalue weighted by Gasteiger charge is 2.33. The Morgan fingerprint density at radius 1 is 1.05 bits per heavy atom. The second-order valence-corrected chi connectivity index (χ2v) is 12.2. The second kappa shape index (κ2) is 16.7. The number of nitriles is 1. The highest BCUT2D eigenvalue weighted by molar-refractivity contribution is 8.26. The van der Waals surface area contributed by atoms with Gasteiger partial charge in [0, 0.05) is 38.2 Å². The number of aromatic nitrogens is 1. The molecular weight excluding hydrogens is 560 g/mol. The van der Waals surface area contributed by atoms with Crippen LogP contribution in [0.15, 0.2) is 9.70 Å². The monoisotopic (exact) mass is 602 g/mol. The number of aliphatic carboxylic acids is 1. The number of rotatable bonds is 16. The molecule has 2 aliphatic heterocycles. The minimum atomic E-state index is -0.730. The van der Waals surface area contributed by atoms with Crippen LogP contribution in [0.25, 0.3) is 6.08 Å². The van der Waals surface area contributed by atoms with E-state index in [4.69, 9.17) is 22.1 Å². The molecule has 2 aliphatic rings. The number of anilines is 1. The number of nitrogens with zero attached hydrogens (tertiary/aromatic N) is 4. The van der Waals surface area contributed by atoms with Crippen molar-refractivity contribution in [1.82, 2.24) is 9.47 Å². The van der Waals surface area contributed by atoms with Crippen LogP contribution in [-0.4, -0.2) is 63.6 Å². The molecule has 0 aliphatic carbocycles. The van der Waals surface area contributed by atoms with Crippen LogP contribution in [0.2, 0.25) is 0 Å². The lowest BCUT2D eigenvalue weighted by molar-refractivity contribution is -0.137. The second-order valence-electron chi connectivity index (χ2n) is 10.6. The van der Waals surface area contributed by atoms with Gasteiger partial charge in [0.2, 0.25) is 0 Å². The first kappa shape index (κ1) is 32.8. The Bertz CT molecular complexity index is 1230. The van der Waals surface area contributed by atoms with Crippen LogP contribution in [-0.2, 0) is 20.9 Å². The molecule has 3 heterocycles. The van der Waals surface area contributed by atoms with Gasteiger partial charge in [0.15, 0.2) is 0 Å². The number of amides is 1. The zero-order valence-electron chi connectivity index (χ0n) is 24.3. The predicted octanol–water partition coefficient (Wildman–Crippen LogP) is 5.46. The van der Waals surface area contributed by atoms with Crippen molar-refractivity contribution >= 4 is 52.1 Å². The molecular formula is C30H42N4O5S2. The number of ether oxygens (including phenoxy) is 1. The largest absolute Gasteiger partial charge is 0.481 e. The third kappa shape index (κ3) is 8.90. The molecule has 9 nitrogen and oxygen atoms in total. The van der Waals surface area contributed by atoms with Gasteiger partial charge in [-0.3, -0.25) is 23.9 Å². The summed E-state index contributed by atoms with van der Waals surface area (Å²) in [5.74, 6) is -0.113. The number of thioether (sulfide) groups is 1. The third-order valence-corrected chi connectivity index (χ3v) is 8.94. The molecule has 1 aromatic heterocycles. The van der Waals surface area contributed by atoms with Crippen LogP contribution in [0.1, 0.15) is 94.2 Å². The van der Waals surface area contributed by atoms with E-state index in [9.17, 15) is 19.6 Å². The van der Waals surface area contributed by atoms with Gasteiger partial charge in [0.05, 0.1) is 18.1 Å². The van der Waals surface area contributed by atoms with Crippen molar-refractivity contribution in [2.45, 2.75) is 91.0 Å². The summed E-state index contributed by atoms with van der Waals surface area (Å²) in [7, 11) is 0. The van der Waals surface area contributed by atoms with Crippen LogP contribution in [0, 0.1) is 18.3 Å². The fourth-order valence-electron chi connectivity index (χ4n) is 5.21. The van der Waals surface area contributed by atoms with Gasteiger partial charge in [0.1, 0.15) is 21.8 Å². The molecule has 11 heteroatoms. The molecule has 0 radical (unpaired) electrons. The number of carbonyl (C=O) groups excluding carboxylic acids is 1. The average molecular weight is 603 g/mol. The number of carboxylic acids is 1. The van der Waals surface area contributed by atoms with Crippen LogP contribution >= 0.6 is 24.0 Å². The molecule has 1 amide bonds. The Kier molecular flexibility index (Phi) is 13.4. The summed E-state index contributed by atoms with van der Waals surface area (Å²) in [6, 6.07) is 2.11. The first-order chi connectivity index (χ1) is 19.8. The van der Waals surface area contributed by atoms with Gasteiger partial charge >= 0.3 is 5.97 Å². The standard InChI is InChI=1S/C30H42N4O5S2/c1-3-4-14-33-27(32-16-18-39-19-17-32)23(22(2)24(21-31)28(33)37)20-25-29(38)34(30(40)41-25)15-12-10-8-6-5-7-9-11-13-26(35)36/h20H,3-19H2,1-2H3,(H,35,36)/b25-20+. The summed E-state index contributed by atoms with van der Waals surface area (Å²) in [5.41, 5.74) is 1.13. The number of hydrogen-bond donors (Lipinski definition) is 1. The molecule has 0 atom stereocenters. The lowest BCUT2D eigenvalue weighted by atomic mass is 10.0. The molecule has 3 rings (SSSR count). The molecule has 1 aromatic rings. The van der Waals surface area contributed by atoms with E-state index in [0.717, 1.165) is 75.6 Å². The molecule has 224 valence electrons. The fourth-order valence-corrected chi connectivity index (χ4v) is 6.50. The van der Waals surface area contributed by atoms with E-state index in [1.54, 1.807) is 16.4 Å². The maximum absolute atomic E-state index is 13.5. The minimum absolute atomic E-state index is 0.113. The van der Waals surface area contributed by atoms with E-state index in [1.807, 2.05) is 6.08 Å². The molecule has 0 aromatic carbocycles. The third-order valence-electron chi connectivity index (χ3n) is 7.56. The molecule has 2 saturated heterocycles. The smallest absolute Gasteiger partial charge is 0.303 e. The fraction of sp³-hybridized carbons (Fsp3) is 0.633. The van der Waals surface area contributed by atoms with E-state index in [-0.39, 0.29) is 23.5 Å². The van der Waals surface area contributed by atoms with E-state index in [2.05, 4.69) is 17.9 Å². The predicted molar refractivity (Wildman–Crippen MR) is 167 cm³/mol. The Labute approximate surface area is 252 Å². The lowest BCUT2D eigenvalue weighted by Crippen LogP contribution is -2.41. The van der Waals surface area contributed by atoms with Crippen molar-refractivity contribution in [3.05, 3.63) is 31.9 Å². The minimum Gasteiger partial charge on any atom is -0.481 e. The first-order valence-corrected chi connectivity index (χ1v) is 16.0. The summed E-state index contributed by atoms with van der Waals surface area (Å²) < 4.78 is 7.80. The van der Waals surface area contributed by atoms with Crippen molar-refractivity contribution < 1.29 is 19.4 Å². The van der Waals surface area contributed by atoms with Crippen LogP contribution < -0.4 is 10.5 Å². The number of unbranched alkanes of at least 4 members (excludes halogenated alkanes) is 8. The van der Waals surface area contributed by atoms with Crippen LogP contribution in [0.4, 0.5) is 5.82 Å². The van der Waals surface area contributed by atoms with Gasteiger partial charge in [0.25, 0.3) is 11.5 Å².